The number of rotatable bonds is 8. The number of morpholine rings is 1. The van der Waals surface area contributed by atoms with Crippen molar-refractivity contribution in [3.63, 3.8) is 0 Å². The van der Waals surface area contributed by atoms with Crippen LogP contribution < -0.4 is 4.90 Å². The van der Waals surface area contributed by atoms with Crippen LogP contribution in [0.4, 0.5) is 18.9 Å². The molecular formula is C29H32F3N5O4. The Kier molecular flexibility index (Phi) is 7.35. The van der Waals surface area contributed by atoms with Crippen molar-refractivity contribution in [3.05, 3.63) is 76.4 Å². The quantitative estimate of drug-likeness (QED) is 0.410. The molecule has 1 aromatic heterocycles. The van der Waals surface area contributed by atoms with E-state index in [1.54, 1.807) is 25.6 Å². The number of amides is 1. The summed E-state index contributed by atoms with van der Waals surface area (Å²) in [5.41, 5.74) is 0.952. The van der Waals surface area contributed by atoms with Gasteiger partial charge in [-0.3, -0.25) is 9.69 Å². The summed E-state index contributed by atoms with van der Waals surface area (Å²) in [6, 6.07) is 10.3. The maximum atomic E-state index is 14.3. The third-order valence-corrected chi connectivity index (χ3v) is 8.22. The molecule has 0 aliphatic carbocycles. The zero-order chi connectivity index (χ0) is 28.8. The fourth-order valence-corrected chi connectivity index (χ4v) is 5.98. The van der Waals surface area contributed by atoms with E-state index in [1.807, 2.05) is 34.7 Å². The first-order valence-corrected chi connectivity index (χ1v) is 13.6. The monoisotopic (exact) mass is 571 g/mol. The number of hydrogen-bond acceptors (Lipinski definition) is 7. The highest BCUT2D eigenvalue weighted by Crippen LogP contribution is 2.41. The predicted octanol–water partition coefficient (Wildman–Crippen LogP) is 3.35. The average Bonchev–Trinajstić information content (AvgIpc) is 3.48. The summed E-state index contributed by atoms with van der Waals surface area (Å²) in [6.45, 7) is 3.10. The largest absolute Gasteiger partial charge is 0.416 e. The molecule has 6 rings (SSSR count). The molecule has 218 valence electrons. The summed E-state index contributed by atoms with van der Waals surface area (Å²) < 4.78 is 61.2. The number of aromatic nitrogens is 3. The van der Waals surface area contributed by atoms with Gasteiger partial charge in [0.05, 0.1) is 44.6 Å². The lowest BCUT2D eigenvalue weighted by Gasteiger charge is -2.42. The van der Waals surface area contributed by atoms with Gasteiger partial charge in [0.25, 0.3) is 5.91 Å². The second kappa shape index (κ2) is 10.8. The van der Waals surface area contributed by atoms with E-state index in [0.29, 0.717) is 57.2 Å². The van der Waals surface area contributed by atoms with E-state index in [9.17, 15) is 18.0 Å². The van der Waals surface area contributed by atoms with Gasteiger partial charge >= 0.3 is 6.18 Å². The molecule has 0 bridgehead atoms. The Labute approximate surface area is 235 Å². The molecule has 1 amide bonds. The van der Waals surface area contributed by atoms with Crippen molar-refractivity contribution < 1.29 is 32.2 Å². The maximum absolute atomic E-state index is 14.3. The molecule has 3 aromatic rings. The second-order valence-corrected chi connectivity index (χ2v) is 11.1. The molecule has 9 nitrogen and oxygen atoms in total. The lowest BCUT2D eigenvalue weighted by molar-refractivity contribution is -0.138. The van der Waals surface area contributed by atoms with E-state index in [4.69, 9.17) is 14.2 Å². The maximum Gasteiger partial charge on any atom is 0.416 e. The Bertz CT molecular complexity index is 1440. The van der Waals surface area contributed by atoms with E-state index in [1.165, 1.54) is 11.0 Å². The molecule has 4 heterocycles. The van der Waals surface area contributed by atoms with Gasteiger partial charge in [0.2, 0.25) is 0 Å². The summed E-state index contributed by atoms with van der Waals surface area (Å²) in [4.78, 5) is 17.1. The summed E-state index contributed by atoms with van der Waals surface area (Å²) in [5.74, 6) is 0.371. The Morgan fingerprint density at radius 3 is 2.71 bits per heavy atom. The molecule has 1 atom stereocenters. The summed E-state index contributed by atoms with van der Waals surface area (Å²) in [6.07, 6.45) is -2.50. The molecule has 2 fully saturated rings. The highest BCUT2D eigenvalue weighted by molar-refractivity contribution is 6.10. The molecule has 0 unspecified atom stereocenters. The third kappa shape index (κ3) is 5.36. The topological polar surface area (TPSA) is 82.0 Å². The van der Waals surface area contributed by atoms with Crippen molar-refractivity contribution >= 4 is 11.6 Å². The standard InChI is InChI=1S/C29H32F3N5O4/c1-35-18-33-34-26(35)11-28(16-40-17-28)20-4-3-5-21(10-20)37-14-24-23(27(37)38)8-19(9-25(24)29(30,31)32)12-36-6-7-41-22(13-36)15-39-2/h3-5,8-10,18,22H,6-7,11-17H2,1-2H3/t22-/m0/s1. The minimum Gasteiger partial charge on any atom is -0.382 e. The fourth-order valence-electron chi connectivity index (χ4n) is 5.98. The molecule has 0 radical (unpaired) electrons. The van der Waals surface area contributed by atoms with Gasteiger partial charge < -0.3 is 23.7 Å². The SMILES string of the molecule is COC[C@@H]1CN(Cc2cc3c(c(C(F)(F)F)c2)CN(c2cccc(C4(Cc5nncn5C)COC4)c2)C3=O)CCO1. The van der Waals surface area contributed by atoms with Crippen LogP contribution in [-0.4, -0.2) is 78.3 Å². The molecular weight excluding hydrogens is 539 g/mol. The zero-order valence-electron chi connectivity index (χ0n) is 23.0. The molecule has 41 heavy (non-hydrogen) atoms. The van der Waals surface area contributed by atoms with Crippen LogP contribution in [0.5, 0.6) is 0 Å². The van der Waals surface area contributed by atoms with Gasteiger partial charge in [0, 0.05) is 56.9 Å². The Hall–Kier alpha value is -3.32. The first-order chi connectivity index (χ1) is 19.7. The molecule has 3 aliphatic rings. The lowest BCUT2D eigenvalue weighted by atomic mass is 9.75. The zero-order valence-corrected chi connectivity index (χ0v) is 23.0. The van der Waals surface area contributed by atoms with Crippen LogP contribution in [0.2, 0.25) is 0 Å². The van der Waals surface area contributed by atoms with Gasteiger partial charge in [0.1, 0.15) is 12.2 Å². The van der Waals surface area contributed by atoms with Crippen LogP contribution in [0.1, 0.15) is 38.4 Å². The number of ether oxygens (including phenoxy) is 3. The molecule has 2 saturated heterocycles. The number of alkyl halides is 3. The fraction of sp³-hybridized carbons (Fsp3) is 0.483. The van der Waals surface area contributed by atoms with E-state index < -0.39 is 17.6 Å². The van der Waals surface area contributed by atoms with E-state index in [2.05, 4.69) is 10.2 Å². The number of carbonyl (C=O) groups excluding carboxylic acids is 1. The Morgan fingerprint density at radius 2 is 2.02 bits per heavy atom. The average molecular weight is 572 g/mol. The summed E-state index contributed by atoms with van der Waals surface area (Å²) in [7, 11) is 3.46. The number of carbonyl (C=O) groups is 1. The van der Waals surface area contributed by atoms with Crippen LogP contribution >= 0.6 is 0 Å². The number of methoxy groups -OCH3 is 1. The first kappa shape index (κ1) is 27.8. The third-order valence-electron chi connectivity index (χ3n) is 8.22. The Morgan fingerprint density at radius 1 is 1.20 bits per heavy atom. The van der Waals surface area contributed by atoms with Gasteiger partial charge in [-0.25, -0.2) is 0 Å². The number of fused-ring (bicyclic) bond motifs is 1. The summed E-state index contributed by atoms with van der Waals surface area (Å²) in [5, 5.41) is 8.18. The van der Waals surface area contributed by atoms with Gasteiger partial charge in [-0.2, -0.15) is 13.2 Å². The van der Waals surface area contributed by atoms with E-state index in [0.717, 1.165) is 11.4 Å². The normalized spacial score (nSPS) is 20.8. The minimum absolute atomic E-state index is 0.0108. The van der Waals surface area contributed by atoms with E-state index in [-0.39, 0.29) is 35.7 Å². The van der Waals surface area contributed by atoms with Crippen molar-refractivity contribution in [2.75, 3.05) is 51.5 Å². The molecule has 0 spiro atoms. The van der Waals surface area contributed by atoms with E-state index >= 15 is 0 Å². The number of aryl methyl sites for hydroxylation is 1. The van der Waals surface area contributed by atoms with Gasteiger partial charge in [0.15, 0.2) is 0 Å². The van der Waals surface area contributed by atoms with Gasteiger partial charge in [-0.15, -0.1) is 10.2 Å². The molecule has 2 aromatic carbocycles. The van der Waals surface area contributed by atoms with Crippen LogP contribution in [0.15, 0.2) is 42.7 Å². The molecule has 12 heteroatoms. The first-order valence-electron chi connectivity index (χ1n) is 13.6. The van der Waals surface area contributed by atoms with Crippen LogP contribution in [0.25, 0.3) is 0 Å². The van der Waals surface area contributed by atoms with Crippen LogP contribution in [0.3, 0.4) is 0 Å². The highest BCUT2D eigenvalue weighted by atomic mass is 19.4. The van der Waals surface area contributed by atoms with Crippen molar-refractivity contribution in [1.82, 2.24) is 19.7 Å². The van der Waals surface area contributed by atoms with Crippen LogP contribution in [-0.2, 0) is 52.4 Å². The number of benzene rings is 2. The highest BCUT2D eigenvalue weighted by Gasteiger charge is 2.43. The molecule has 0 saturated carbocycles. The number of anilines is 1. The Balaban J connectivity index is 1.28. The number of hydrogen-bond donors (Lipinski definition) is 0. The van der Waals surface area contributed by atoms with Crippen molar-refractivity contribution in [3.8, 4) is 0 Å². The smallest absolute Gasteiger partial charge is 0.382 e. The van der Waals surface area contributed by atoms with Gasteiger partial charge in [-0.05, 0) is 41.0 Å². The van der Waals surface area contributed by atoms with Crippen LogP contribution in [0, 0.1) is 0 Å². The number of halogens is 3. The van der Waals surface area contributed by atoms with Crippen molar-refractivity contribution in [2.24, 2.45) is 7.05 Å². The molecule has 0 N–H and O–H groups in total. The van der Waals surface area contributed by atoms with Crippen molar-refractivity contribution in [1.29, 1.82) is 0 Å². The lowest BCUT2D eigenvalue weighted by Crippen LogP contribution is -2.49. The molecule has 3 aliphatic heterocycles. The van der Waals surface area contributed by atoms with Crippen molar-refractivity contribution in [2.45, 2.75) is 37.2 Å². The second-order valence-electron chi connectivity index (χ2n) is 11.1. The summed E-state index contributed by atoms with van der Waals surface area (Å²) >= 11 is 0. The number of nitrogens with zero attached hydrogens (tertiary/aromatic N) is 5. The van der Waals surface area contributed by atoms with Gasteiger partial charge in [-0.1, -0.05) is 12.1 Å². The predicted molar refractivity (Wildman–Crippen MR) is 142 cm³/mol. The minimum atomic E-state index is -4.59.